The van der Waals surface area contributed by atoms with Crippen molar-refractivity contribution in [3.05, 3.63) is 35.5 Å². The molecule has 0 bridgehead atoms. The van der Waals surface area contributed by atoms with Gasteiger partial charge < -0.3 is 30.5 Å². The Hall–Kier alpha value is -3.12. The quantitative estimate of drug-likeness (QED) is 0.565. The summed E-state index contributed by atoms with van der Waals surface area (Å²) >= 11 is 0. The molecule has 0 unspecified atom stereocenters. The number of piperidine rings is 1. The van der Waals surface area contributed by atoms with Crippen molar-refractivity contribution in [3.8, 4) is 5.75 Å². The Balaban J connectivity index is 1.52. The standard InChI is InChI=1S/C23H30F3N7O2/c1-32-9-5-16(6-10-32)29-21(34)15-3-4-18(19(13-15)35-2)30-22-28-14-17(23(24,25)26)20(31-22)33-11-7-27-8-12-33/h3-4,13-14,16,27H,5-12H2,1-2H3,(H,29,34)(H,28,30,31). The molecule has 2 fully saturated rings. The van der Waals surface area contributed by atoms with E-state index < -0.39 is 11.7 Å². The monoisotopic (exact) mass is 493 g/mol. The van der Waals surface area contributed by atoms with Crippen molar-refractivity contribution < 1.29 is 22.7 Å². The maximum absolute atomic E-state index is 13.6. The van der Waals surface area contributed by atoms with Gasteiger partial charge >= 0.3 is 6.18 Å². The van der Waals surface area contributed by atoms with E-state index >= 15 is 0 Å². The SMILES string of the molecule is COc1cc(C(=O)NC2CCN(C)CC2)ccc1Nc1ncc(C(F)(F)F)c(N2CCNCC2)n1. The smallest absolute Gasteiger partial charge is 0.421 e. The van der Waals surface area contributed by atoms with Gasteiger partial charge in [0.15, 0.2) is 0 Å². The third kappa shape index (κ3) is 6.12. The summed E-state index contributed by atoms with van der Waals surface area (Å²) in [6.45, 7) is 3.81. The fourth-order valence-electron chi connectivity index (χ4n) is 4.23. The Bertz CT molecular complexity index is 1040. The van der Waals surface area contributed by atoms with Gasteiger partial charge in [-0.15, -0.1) is 0 Å². The average molecular weight is 494 g/mol. The largest absolute Gasteiger partial charge is 0.495 e. The highest BCUT2D eigenvalue weighted by Gasteiger charge is 2.37. The summed E-state index contributed by atoms with van der Waals surface area (Å²) in [5.41, 5.74) is -0.00614. The van der Waals surface area contributed by atoms with Crippen LogP contribution in [0.25, 0.3) is 0 Å². The lowest BCUT2D eigenvalue weighted by atomic mass is 10.0. The summed E-state index contributed by atoms with van der Waals surface area (Å²) in [5.74, 6) is 0.00220. The Morgan fingerprint density at radius 3 is 2.54 bits per heavy atom. The number of anilines is 3. The van der Waals surface area contributed by atoms with Crippen LogP contribution < -0.4 is 25.6 Å². The first-order valence-corrected chi connectivity index (χ1v) is 11.6. The fourth-order valence-corrected chi connectivity index (χ4v) is 4.23. The molecule has 0 spiro atoms. The normalized spacial score (nSPS) is 17.8. The van der Waals surface area contributed by atoms with Crippen molar-refractivity contribution in [1.29, 1.82) is 0 Å². The molecular weight excluding hydrogens is 463 g/mol. The fraction of sp³-hybridized carbons (Fsp3) is 0.522. The number of rotatable bonds is 6. The number of nitrogens with zero attached hydrogens (tertiary/aromatic N) is 4. The molecule has 3 N–H and O–H groups in total. The lowest BCUT2D eigenvalue weighted by Gasteiger charge is -2.30. The molecule has 1 aromatic heterocycles. The average Bonchev–Trinajstić information content (AvgIpc) is 2.85. The van der Waals surface area contributed by atoms with Crippen LogP contribution in [0.3, 0.4) is 0 Å². The minimum Gasteiger partial charge on any atom is -0.495 e. The lowest BCUT2D eigenvalue weighted by Crippen LogP contribution is -2.44. The molecule has 2 aliphatic heterocycles. The van der Waals surface area contributed by atoms with Crippen LogP contribution in [-0.2, 0) is 6.18 Å². The molecule has 3 heterocycles. The highest BCUT2D eigenvalue weighted by Crippen LogP contribution is 2.36. The van der Waals surface area contributed by atoms with E-state index in [0.717, 1.165) is 32.1 Å². The maximum atomic E-state index is 13.6. The Labute approximate surface area is 202 Å². The van der Waals surface area contributed by atoms with Gasteiger partial charge in [0.25, 0.3) is 5.91 Å². The number of methoxy groups -OCH3 is 1. The molecular formula is C23H30F3N7O2. The zero-order valence-corrected chi connectivity index (χ0v) is 19.8. The first-order chi connectivity index (χ1) is 16.7. The first kappa shape index (κ1) is 25.0. The second-order valence-corrected chi connectivity index (χ2v) is 8.76. The molecule has 1 amide bonds. The van der Waals surface area contributed by atoms with Crippen LogP contribution >= 0.6 is 0 Å². The number of likely N-dealkylation sites (tertiary alicyclic amines) is 1. The first-order valence-electron chi connectivity index (χ1n) is 11.6. The van der Waals surface area contributed by atoms with E-state index in [0.29, 0.717) is 43.2 Å². The Morgan fingerprint density at radius 2 is 1.89 bits per heavy atom. The van der Waals surface area contributed by atoms with Crippen LogP contribution in [0.1, 0.15) is 28.8 Å². The van der Waals surface area contributed by atoms with E-state index in [2.05, 4.69) is 37.9 Å². The van der Waals surface area contributed by atoms with Gasteiger partial charge in [-0.25, -0.2) is 4.98 Å². The van der Waals surface area contributed by atoms with Gasteiger partial charge in [-0.05, 0) is 51.2 Å². The Kier molecular flexibility index (Phi) is 7.60. The van der Waals surface area contributed by atoms with Crippen molar-refractivity contribution in [2.45, 2.75) is 25.1 Å². The molecule has 2 aromatic rings. The zero-order valence-electron chi connectivity index (χ0n) is 19.8. The van der Waals surface area contributed by atoms with Gasteiger partial charge in [-0.3, -0.25) is 4.79 Å². The topological polar surface area (TPSA) is 94.7 Å². The molecule has 190 valence electrons. The molecule has 2 saturated heterocycles. The number of nitrogens with one attached hydrogen (secondary N) is 3. The minimum atomic E-state index is -4.57. The molecule has 0 saturated carbocycles. The number of alkyl halides is 3. The number of ether oxygens (including phenoxy) is 1. The molecule has 0 radical (unpaired) electrons. The number of aromatic nitrogens is 2. The molecule has 9 nitrogen and oxygen atoms in total. The second kappa shape index (κ2) is 10.6. The molecule has 0 aliphatic carbocycles. The van der Waals surface area contributed by atoms with Gasteiger partial charge in [0.05, 0.1) is 12.8 Å². The number of carbonyl (C=O) groups is 1. The van der Waals surface area contributed by atoms with Crippen molar-refractivity contribution in [2.75, 3.05) is 63.6 Å². The highest BCUT2D eigenvalue weighted by atomic mass is 19.4. The molecule has 2 aliphatic rings. The van der Waals surface area contributed by atoms with Crippen LogP contribution in [-0.4, -0.2) is 80.2 Å². The number of hydrogen-bond acceptors (Lipinski definition) is 8. The number of carbonyl (C=O) groups excluding carboxylic acids is 1. The molecule has 1 aromatic carbocycles. The summed E-state index contributed by atoms with van der Waals surface area (Å²) < 4.78 is 46.2. The van der Waals surface area contributed by atoms with E-state index in [4.69, 9.17) is 4.74 Å². The summed E-state index contributed by atoms with van der Waals surface area (Å²) in [4.78, 5) is 24.6. The van der Waals surface area contributed by atoms with Crippen LogP contribution in [0.2, 0.25) is 0 Å². The van der Waals surface area contributed by atoms with E-state index in [1.165, 1.54) is 7.11 Å². The van der Waals surface area contributed by atoms with Gasteiger partial charge in [0, 0.05) is 44.0 Å². The predicted molar refractivity (Wildman–Crippen MR) is 126 cm³/mol. The van der Waals surface area contributed by atoms with Crippen molar-refractivity contribution in [3.63, 3.8) is 0 Å². The van der Waals surface area contributed by atoms with Crippen LogP contribution in [0, 0.1) is 0 Å². The van der Waals surface area contributed by atoms with E-state index in [-0.39, 0.29) is 23.7 Å². The van der Waals surface area contributed by atoms with E-state index in [1.807, 2.05) is 0 Å². The number of halogens is 3. The van der Waals surface area contributed by atoms with Gasteiger partial charge in [0.2, 0.25) is 5.95 Å². The number of piperazine rings is 1. The van der Waals surface area contributed by atoms with Gasteiger partial charge in [-0.1, -0.05) is 0 Å². The number of hydrogen-bond donors (Lipinski definition) is 3. The molecule has 12 heteroatoms. The van der Waals surface area contributed by atoms with Crippen LogP contribution in [0.5, 0.6) is 5.75 Å². The van der Waals surface area contributed by atoms with Gasteiger partial charge in [-0.2, -0.15) is 18.2 Å². The lowest BCUT2D eigenvalue weighted by molar-refractivity contribution is -0.137. The summed E-state index contributed by atoms with van der Waals surface area (Å²) in [6, 6.07) is 4.98. The highest BCUT2D eigenvalue weighted by molar-refractivity contribution is 5.95. The van der Waals surface area contributed by atoms with E-state index in [9.17, 15) is 18.0 Å². The van der Waals surface area contributed by atoms with Gasteiger partial charge in [0.1, 0.15) is 17.1 Å². The summed E-state index contributed by atoms with van der Waals surface area (Å²) in [6.07, 6.45) is -2.00. The molecule has 0 atom stereocenters. The zero-order chi connectivity index (χ0) is 25.0. The minimum absolute atomic E-state index is 0.00774. The van der Waals surface area contributed by atoms with E-state index in [1.54, 1.807) is 23.1 Å². The molecule has 4 rings (SSSR count). The van der Waals surface area contributed by atoms with Crippen molar-refractivity contribution in [2.24, 2.45) is 0 Å². The molecule has 35 heavy (non-hydrogen) atoms. The third-order valence-electron chi connectivity index (χ3n) is 6.25. The second-order valence-electron chi connectivity index (χ2n) is 8.76. The maximum Gasteiger partial charge on any atom is 0.421 e. The van der Waals surface area contributed by atoms with Crippen molar-refractivity contribution in [1.82, 2.24) is 25.5 Å². The third-order valence-corrected chi connectivity index (χ3v) is 6.25. The van der Waals surface area contributed by atoms with Crippen LogP contribution in [0.15, 0.2) is 24.4 Å². The predicted octanol–water partition coefficient (Wildman–Crippen LogP) is 2.48. The Morgan fingerprint density at radius 1 is 1.17 bits per heavy atom. The summed E-state index contributed by atoms with van der Waals surface area (Å²) in [7, 11) is 3.51. The van der Waals surface area contributed by atoms with Crippen molar-refractivity contribution >= 4 is 23.4 Å². The van der Waals surface area contributed by atoms with Crippen LogP contribution in [0.4, 0.5) is 30.6 Å². The number of amides is 1. The number of benzene rings is 1. The summed E-state index contributed by atoms with van der Waals surface area (Å²) in [5, 5.41) is 9.12.